The van der Waals surface area contributed by atoms with Gasteiger partial charge in [0, 0.05) is 31.7 Å². The highest BCUT2D eigenvalue weighted by Crippen LogP contribution is 2.12. The summed E-state index contributed by atoms with van der Waals surface area (Å²) < 4.78 is 5.12. The van der Waals surface area contributed by atoms with Gasteiger partial charge in [0.15, 0.2) is 5.78 Å². The minimum atomic E-state index is 0.0813. The fraction of sp³-hybridized carbons (Fsp3) is 0.500. The molecule has 1 fully saturated rings. The minimum Gasteiger partial charge on any atom is -0.497 e. The molecule has 104 valence electrons. The lowest BCUT2D eigenvalue weighted by Crippen LogP contribution is -2.51. The zero-order chi connectivity index (χ0) is 13.7. The van der Waals surface area contributed by atoms with Crippen molar-refractivity contribution in [2.24, 2.45) is 0 Å². The lowest BCUT2D eigenvalue weighted by molar-refractivity contribution is 0.0838. The zero-order valence-electron chi connectivity index (χ0n) is 11.6. The van der Waals surface area contributed by atoms with Gasteiger partial charge in [0.25, 0.3) is 0 Å². The molecule has 0 radical (unpaired) electrons. The van der Waals surface area contributed by atoms with Gasteiger partial charge < -0.3 is 9.64 Å². The molecule has 0 aromatic heterocycles. The number of benzene rings is 1. The topological polar surface area (TPSA) is 44.8 Å². The summed E-state index contributed by atoms with van der Waals surface area (Å²) in [5.41, 5.74) is 3.88. The van der Waals surface area contributed by atoms with Crippen LogP contribution in [0.2, 0.25) is 0 Å². The van der Waals surface area contributed by atoms with Crippen LogP contribution in [0.25, 0.3) is 0 Å². The van der Waals surface area contributed by atoms with E-state index in [9.17, 15) is 4.79 Å². The number of ketones is 1. The predicted octanol–water partition coefficient (Wildman–Crippen LogP) is 0.630. The summed E-state index contributed by atoms with van der Waals surface area (Å²) in [5.74, 6) is 0.795. The fourth-order valence-electron chi connectivity index (χ4n) is 2.05. The Bertz CT molecular complexity index is 428. The summed E-state index contributed by atoms with van der Waals surface area (Å²) in [7, 11) is 3.71. The largest absolute Gasteiger partial charge is 0.497 e. The smallest absolute Gasteiger partial charge is 0.178 e. The summed E-state index contributed by atoms with van der Waals surface area (Å²) in [6, 6.07) is 7.26. The number of carbonyl (C=O) groups is 1. The Hall–Kier alpha value is -1.43. The maximum Gasteiger partial charge on any atom is 0.178 e. The minimum absolute atomic E-state index is 0.0813. The van der Waals surface area contributed by atoms with E-state index in [4.69, 9.17) is 4.74 Å². The normalized spacial score (nSPS) is 17.4. The van der Waals surface area contributed by atoms with E-state index in [0.29, 0.717) is 17.9 Å². The Kier molecular flexibility index (Phi) is 4.90. The SMILES string of the molecule is COc1cccc(C(=O)CNN2CCN(C)CC2)c1. The van der Waals surface area contributed by atoms with Crippen LogP contribution in [-0.4, -0.2) is 62.6 Å². The number of likely N-dealkylation sites (N-methyl/N-ethyl adjacent to an activating group) is 1. The highest BCUT2D eigenvalue weighted by molar-refractivity contribution is 5.97. The molecule has 0 spiro atoms. The van der Waals surface area contributed by atoms with E-state index < -0.39 is 0 Å². The molecule has 0 atom stereocenters. The molecule has 5 heteroatoms. The molecule has 0 aliphatic carbocycles. The summed E-state index contributed by atoms with van der Waals surface area (Å²) in [5, 5.41) is 2.11. The first-order valence-corrected chi connectivity index (χ1v) is 6.53. The van der Waals surface area contributed by atoms with E-state index in [1.807, 2.05) is 18.2 Å². The van der Waals surface area contributed by atoms with Crippen LogP contribution in [-0.2, 0) is 0 Å². The lowest BCUT2D eigenvalue weighted by atomic mass is 10.1. The lowest BCUT2D eigenvalue weighted by Gasteiger charge is -2.32. The van der Waals surface area contributed by atoms with Gasteiger partial charge in [-0.2, -0.15) is 0 Å². The van der Waals surface area contributed by atoms with Crippen molar-refractivity contribution >= 4 is 5.78 Å². The van der Waals surface area contributed by atoms with Crippen LogP contribution >= 0.6 is 0 Å². The second kappa shape index (κ2) is 6.65. The van der Waals surface area contributed by atoms with Crippen molar-refractivity contribution in [1.82, 2.24) is 15.3 Å². The molecule has 19 heavy (non-hydrogen) atoms. The van der Waals surface area contributed by atoms with Gasteiger partial charge in [0.05, 0.1) is 13.7 Å². The molecule has 1 aliphatic rings. The highest BCUT2D eigenvalue weighted by Gasteiger charge is 2.14. The van der Waals surface area contributed by atoms with Gasteiger partial charge in [0.1, 0.15) is 5.75 Å². The van der Waals surface area contributed by atoms with Crippen LogP contribution in [0, 0.1) is 0 Å². The first kappa shape index (κ1) is 14.0. The summed E-state index contributed by atoms with van der Waals surface area (Å²) in [6.07, 6.45) is 0. The Morgan fingerprint density at radius 3 is 2.74 bits per heavy atom. The van der Waals surface area contributed by atoms with Crippen LogP contribution in [0.3, 0.4) is 0 Å². The number of hydrogen-bond donors (Lipinski definition) is 1. The molecule has 2 rings (SSSR count). The molecule has 0 saturated carbocycles. The number of rotatable bonds is 5. The third kappa shape index (κ3) is 4.02. The number of hydrogen-bond acceptors (Lipinski definition) is 5. The van der Waals surface area contributed by atoms with Crippen molar-refractivity contribution in [2.75, 3.05) is 46.9 Å². The average molecular weight is 263 g/mol. The van der Waals surface area contributed by atoms with Crippen LogP contribution in [0.15, 0.2) is 24.3 Å². The molecule has 1 saturated heterocycles. The Balaban J connectivity index is 1.83. The van der Waals surface area contributed by atoms with Crippen molar-refractivity contribution in [3.8, 4) is 5.75 Å². The second-order valence-corrected chi connectivity index (χ2v) is 4.78. The molecule has 0 unspecified atom stereocenters. The predicted molar refractivity (Wildman–Crippen MR) is 74.4 cm³/mol. The quantitative estimate of drug-likeness (QED) is 0.790. The Morgan fingerprint density at radius 2 is 2.05 bits per heavy atom. The third-order valence-corrected chi connectivity index (χ3v) is 3.36. The molecule has 0 bridgehead atoms. The molecule has 1 heterocycles. The number of methoxy groups -OCH3 is 1. The molecule has 1 N–H and O–H groups in total. The summed E-state index contributed by atoms with van der Waals surface area (Å²) >= 11 is 0. The molecule has 1 aromatic carbocycles. The first-order valence-electron chi connectivity index (χ1n) is 6.53. The molecule has 1 aromatic rings. The van der Waals surface area contributed by atoms with Crippen molar-refractivity contribution < 1.29 is 9.53 Å². The number of piperazine rings is 1. The van der Waals surface area contributed by atoms with Gasteiger partial charge in [-0.3, -0.25) is 4.79 Å². The van der Waals surface area contributed by atoms with Gasteiger partial charge in [-0.1, -0.05) is 12.1 Å². The van der Waals surface area contributed by atoms with Gasteiger partial charge in [-0.25, -0.2) is 10.4 Å². The van der Waals surface area contributed by atoms with Crippen molar-refractivity contribution in [3.63, 3.8) is 0 Å². The van der Waals surface area contributed by atoms with Gasteiger partial charge >= 0.3 is 0 Å². The van der Waals surface area contributed by atoms with Crippen LogP contribution in [0.1, 0.15) is 10.4 Å². The van der Waals surface area contributed by atoms with E-state index in [-0.39, 0.29) is 5.78 Å². The van der Waals surface area contributed by atoms with Gasteiger partial charge in [-0.05, 0) is 19.2 Å². The Morgan fingerprint density at radius 1 is 1.32 bits per heavy atom. The van der Waals surface area contributed by atoms with E-state index in [1.54, 1.807) is 13.2 Å². The standard InChI is InChI=1S/C14H21N3O2/c1-16-6-8-17(9-7-16)15-11-14(18)12-4-3-5-13(10-12)19-2/h3-5,10,15H,6-9,11H2,1-2H3. The number of carbonyl (C=O) groups excluding carboxylic acids is 1. The van der Waals surface area contributed by atoms with Crippen LogP contribution in [0.4, 0.5) is 0 Å². The maximum atomic E-state index is 12.1. The highest BCUT2D eigenvalue weighted by atomic mass is 16.5. The number of ether oxygens (including phenoxy) is 1. The maximum absolute atomic E-state index is 12.1. The van der Waals surface area contributed by atoms with Crippen LogP contribution < -0.4 is 10.2 Å². The second-order valence-electron chi connectivity index (χ2n) is 4.78. The first-order chi connectivity index (χ1) is 9.19. The number of nitrogens with one attached hydrogen (secondary N) is 1. The van der Waals surface area contributed by atoms with E-state index in [2.05, 4.69) is 22.4 Å². The molecule has 1 aliphatic heterocycles. The molecule has 5 nitrogen and oxygen atoms in total. The average Bonchev–Trinajstić information content (AvgIpc) is 2.46. The zero-order valence-corrected chi connectivity index (χ0v) is 11.6. The summed E-state index contributed by atoms with van der Waals surface area (Å²) in [6.45, 7) is 4.28. The van der Waals surface area contributed by atoms with Crippen molar-refractivity contribution in [1.29, 1.82) is 0 Å². The molecular weight excluding hydrogens is 242 g/mol. The van der Waals surface area contributed by atoms with E-state index >= 15 is 0 Å². The van der Waals surface area contributed by atoms with Crippen LogP contribution in [0.5, 0.6) is 5.75 Å². The number of nitrogens with zero attached hydrogens (tertiary/aromatic N) is 2. The third-order valence-electron chi connectivity index (χ3n) is 3.36. The van der Waals surface area contributed by atoms with E-state index in [1.165, 1.54) is 0 Å². The van der Waals surface area contributed by atoms with Gasteiger partial charge in [0.2, 0.25) is 0 Å². The number of Topliss-reactive ketones (excluding diaryl/α,β-unsaturated/α-hetero) is 1. The Labute approximate surface area is 114 Å². The number of hydrazine groups is 1. The van der Waals surface area contributed by atoms with Crippen molar-refractivity contribution in [3.05, 3.63) is 29.8 Å². The summed E-state index contributed by atoms with van der Waals surface area (Å²) in [4.78, 5) is 14.3. The monoisotopic (exact) mass is 263 g/mol. The van der Waals surface area contributed by atoms with Crippen molar-refractivity contribution in [2.45, 2.75) is 0 Å². The molecular formula is C14H21N3O2. The molecule has 0 amide bonds. The van der Waals surface area contributed by atoms with Gasteiger partial charge in [-0.15, -0.1) is 0 Å². The van der Waals surface area contributed by atoms with E-state index in [0.717, 1.165) is 26.2 Å². The fourth-order valence-corrected chi connectivity index (χ4v) is 2.05.